The standard InChI is InChI=1S/C30H35Cl2N3O6S/c1-6-20(2)33-30(37)21(3)34(18-22-8-7-9-24(32)16-22)29(36)19-35(25-12-10-23(31)11-13-25)42(38,39)26-14-15-27(40-4)28(17-26)41-5/h7-17,20-21H,6,18-19H2,1-5H3,(H,33,37). The number of amides is 2. The molecule has 0 saturated carbocycles. The first-order valence-electron chi connectivity index (χ1n) is 13.3. The molecule has 0 heterocycles. The second-order valence-electron chi connectivity index (χ2n) is 9.65. The lowest BCUT2D eigenvalue weighted by molar-refractivity contribution is -0.139. The molecule has 0 saturated heterocycles. The third kappa shape index (κ3) is 8.08. The van der Waals surface area contributed by atoms with Crippen molar-refractivity contribution in [3.63, 3.8) is 0 Å². The van der Waals surface area contributed by atoms with Crippen LogP contribution >= 0.6 is 23.2 Å². The summed E-state index contributed by atoms with van der Waals surface area (Å²) in [6, 6.07) is 16.1. The molecule has 12 heteroatoms. The van der Waals surface area contributed by atoms with E-state index in [1.165, 1.54) is 61.6 Å². The number of hydrogen-bond donors (Lipinski definition) is 1. The molecule has 3 aromatic carbocycles. The Morgan fingerprint density at radius 2 is 1.57 bits per heavy atom. The number of rotatable bonds is 13. The molecular weight excluding hydrogens is 601 g/mol. The number of methoxy groups -OCH3 is 2. The van der Waals surface area contributed by atoms with E-state index >= 15 is 0 Å². The van der Waals surface area contributed by atoms with Crippen molar-refractivity contribution in [1.29, 1.82) is 0 Å². The number of nitrogens with one attached hydrogen (secondary N) is 1. The second kappa shape index (κ2) is 14.6. The fourth-order valence-corrected chi connectivity index (χ4v) is 5.89. The van der Waals surface area contributed by atoms with Crippen molar-refractivity contribution in [3.8, 4) is 11.5 Å². The van der Waals surface area contributed by atoms with E-state index in [-0.39, 0.29) is 34.8 Å². The lowest BCUT2D eigenvalue weighted by Gasteiger charge is -2.32. The van der Waals surface area contributed by atoms with Crippen LogP contribution in [-0.2, 0) is 26.2 Å². The first-order valence-corrected chi connectivity index (χ1v) is 15.5. The van der Waals surface area contributed by atoms with Crippen molar-refractivity contribution in [2.24, 2.45) is 0 Å². The van der Waals surface area contributed by atoms with Gasteiger partial charge in [0.1, 0.15) is 12.6 Å². The van der Waals surface area contributed by atoms with Gasteiger partial charge in [-0.2, -0.15) is 0 Å². The average molecular weight is 637 g/mol. The predicted octanol–water partition coefficient (Wildman–Crippen LogP) is 5.54. The Morgan fingerprint density at radius 1 is 0.905 bits per heavy atom. The number of benzene rings is 3. The Labute approximate surface area is 257 Å². The normalized spacial score (nSPS) is 12.6. The summed E-state index contributed by atoms with van der Waals surface area (Å²) in [6.07, 6.45) is 0.703. The van der Waals surface area contributed by atoms with Crippen LogP contribution in [0.1, 0.15) is 32.8 Å². The summed E-state index contributed by atoms with van der Waals surface area (Å²) < 4.78 is 39.7. The number of carbonyl (C=O) groups excluding carboxylic acids is 2. The molecule has 2 amide bonds. The van der Waals surface area contributed by atoms with E-state index in [0.717, 1.165) is 4.31 Å². The van der Waals surface area contributed by atoms with Crippen LogP contribution in [0.25, 0.3) is 0 Å². The van der Waals surface area contributed by atoms with Gasteiger partial charge in [-0.25, -0.2) is 8.42 Å². The lowest BCUT2D eigenvalue weighted by atomic mass is 10.1. The van der Waals surface area contributed by atoms with Crippen molar-refractivity contribution in [2.75, 3.05) is 25.1 Å². The molecule has 0 radical (unpaired) electrons. The van der Waals surface area contributed by atoms with Gasteiger partial charge < -0.3 is 19.7 Å². The summed E-state index contributed by atoms with van der Waals surface area (Å²) in [4.78, 5) is 28.4. The molecule has 1 N–H and O–H groups in total. The van der Waals surface area contributed by atoms with E-state index in [1.807, 2.05) is 13.8 Å². The molecule has 0 fully saturated rings. The van der Waals surface area contributed by atoms with Crippen molar-refractivity contribution in [3.05, 3.63) is 82.3 Å². The molecule has 3 rings (SSSR count). The van der Waals surface area contributed by atoms with Crippen LogP contribution in [0, 0.1) is 0 Å². The maximum Gasteiger partial charge on any atom is 0.264 e. The highest BCUT2D eigenvalue weighted by Crippen LogP contribution is 2.32. The van der Waals surface area contributed by atoms with E-state index in [2.05, 4.69) is 5.32 Å². The third-order valence-electron chi connectivity index (χ3n) is 6.75. The maximum atomic E-state index is 14.1. The minimum atomic E-state index is -4.32. The zero-order valence-corrected chi connectivity index (χ0v) is 26.5. The number of hydrogen-bond acceptors (Lipinski definition) is 6. The highest BCUT2D eigenvalue weighted by atomic mass is 35.5. The van der Waals surface area contributed by atoms with E-state index in [1.54, 1.807) is 31.2 Å². The van der Waals surface area contributed by atoms with Crippen molar-refractivity contribution in [2.45, 2.75) is 50.7 Å². The van der Waals surface area contributed by atoms with Gasteiger partial charge in [0.15, 0.2) is 11.5 Å². The Balaban J connectivity index is 2.06. The first-order chi connectivity index (χ1) is 19.9. The topological polar surface area (TPSA) is 105 Å². The van der Waals surface area contributed by atoms with Gasteiger partial charge in [0.05, 0.1) is 24.8 Å². The summed E-state index contributed by atoms with van der Waals surface area (Å²) >= 11 is 12.3. The maximum absolute atomic E-state index is 14.1. The van der Waals surface area contributed by atoms with Gasteiger partial charge >= 0.3 is 0 Å². The molecular formula is C30H35Cl2N3O6S. The molecule has 0 aliphatic rings. The van der Waals surface area contributed by atoms with Gasteiger partial charge in [-0.1, -0.05) is 42.3 Å². The Kier molecular flexibility index (Phi) is 11.5. The molecule has 42 heavy (non-hydrogen) atoms. The molecule has 0 aromatic heterocycles. The average Bonchev–Trinajstić information content (AvgIpc) is 2.98. The molecule has 226 valence electrons. The summed E-state index contributed by atoms with van der Waals surface area (Å²) in [5, 5.41) is 3.76. The fourth-order valence-electron chi connectivity index (χ4n) is 4.12. The third-order valence-corrected chi connectivity index (χ3v) is 9.00. The number of sulfonamides is 1. The SMILES string of the molecule is CCC(C)NC(=O)C(C)N(Cc1cccc(Cl)c1)C(=O)CN(c1ccc(Cl)cc1)S(=O)(=O)c1ccc(OC)c(OC)c1. The predicted molar refractivity (Wildman–Crippen MR) is 165 cm³/mol. The minimum Gasteiger partial charge on any atom is -0.493 e. The lowest BCUT2D eigenvalue weighted by Crippen LogP contribution is -2.52. The van der Waals surface area contributed by atoms with Crippen LogP contribution < -0.4 is 19.1 Å². The van der Waals surface area contributed by atoms with Crippen LogP contribution in [0.15, 0.2) is 71.6 Å². The van der Waals surface area contributed by atoms with Crippen LogP contribution in [0.4, 0.5) is 5.69 Å². The number of ether oxygens (including phenoxy) is 2. The zero-order valence-electron chi connectivity index (χ0n) is 24.1. The van der Waals surface area contributed by atoms with Crippen LogP contribution in [0.5, 0.6) is 11.5 Å². The molecule has 0 bridgehead atoms. The molecule has 2 unspecified atom stereocenters. The number of carbonyl (C=O) groups is 2. The highest BCUT2D eigenvalue weighted by molar-refractivity contribution is 7.92. The molecule has 9 nitrogen and oxygen atoms in total. The van der Waals surface area contributed by atoms with Crippen LogP contribution in [-0.4, -0.2) is 58.0 Å². The smallest absolute Gasteiger partial charge is 0.264 e. The zero-order chi connectivity index (χ0) is 31.0. The second-order valence-corrected chi connectivity index (χ2v) is 12.4. The summed E-state index contributed by atoms with van der Waals surface area (Å²) in [5.74, 6) is -0.403. The molecule has 0 spiro atoms. The van der Waals surface area contributed by atoms with Crippen LogP contribution in [0.3, 0.4) is 0 Å². The van der Waals surface area contributed by atoms with Gasteiger partial charge in [0.25, 0.3) is 10.0 Å². The van der Waals surface area contributed by atoms with Crippen molar-refractivity contribution in [1.82, 2.24) is 10.2 Å². The highest BCUT2D eigenvalue weighted by Gasteiger charge is 2.33. The fraction of sp³-hybridized carbons (Fsp3) is 0.333. The van der Waals surface area contributed by atoms with Gasteiger partial charge in [-0.3, -0.25) is 13.9 Å². The molecule has 3 aromatic rings. The van der Waals surface area contributed by atoms with E-state index in [4.69, 9.17) is 32.7 Å². The summed E-state index contributed by atoms with van der Waals surface area (Å²) in [5.41, 5.74) is 0.891. The van der Waals surface area contributed by atoms with Gasteiger partial charge in [-0.05, 0) is 74.4 Å². The van der Waals surface area contributed by atoms with Gasteiger partial charge in [0.2, 0.25) is 11.8 Å². The number of anilines is 1. The largest absolute Gasteiger partial charge is 0.493 e. The Hall–Kier alpha value is -3.47. The molecule has 0 aliphatic carbocycles. The van der Waals surface area contributed by atoms with Crippen molar-refractivity contribution < 1.29 is 27.5 Å². The Bertz CT molecular complexity index is 1500. The molecule has 2 atom stereocenters. The quantitative estimate of drug-likeness (QED) is 0.264. The Morgan fingerprint density at radius 3 is 2.17 bits per heavy atom. The van der Waals surface area contributed by atoms with E-state index < -0.39 is 28.5 Å². The summed E-state index contributed by atoms with van der Waals surface area (Å²) in [6.45, 7) is 4.84. The van der Waals surface area contributed by atoms with E-state index in [9.17, 15) is 18.0 Å². The first kappa shape index (κ1) is 33.0. The van der Waals surface area contributed by atoms with Gasteiger partial charge in [0, 0.05) is 28.7 Å². The monoisotopic (exact) mass is 635 g/mol. The van der Waals surface area contributed by atoms with E-state index in [0.29, 0.717) is 27.8 Å². The number of nitrogens with zero attached hydrogens (tertiary/aromatic N) is 2. The molecule has 0 aliphatic heterocycles. The van der Waals surface area contributed by atoms with Crippen LogP contribution in [0.2, 0.25) is 10.0 Å². The number of halogens is 2. The minimum absolute atomic E-state index is 0.0271. The van der Waals surface area contributed by atoms with Crippen molar-refractivity contribution >= 4 is 50.7 Å². The van der Waals surface area contributed by atoms with Gasteiger partial charge in [-0.15, -0.1) is 0 Å². The summed E-state index contributed by atoms with van der Waals surface area (Å²) in [7, 11) is -1.48.